The fraction of sp³-hybridized carbons (Fsp3) is 0. The summed E-state index contributed by atoms with van der Waals surface area (Å²) in [5, 5.41) is 18.2. The number of anilines is 2. The predicted octanol–water partition coefficient (Wildman–Crippen LogP) is 3.52. The van der Waals surface area contributed by atoms with Crippen molar-refractivity contribution in [2.45, 2.75) is 0 Å². The summed E-state index contributed by atoms with van der Waals surface area (Å²) in [6, 6.07) is 13.9. The van der Waals surface area contributed by atoms with Gasteiger partial charge in [-0.05, 0) is 35.4 Å². The van der Waals surface area contributed by atoms with Crippen LogP contribution in [0.4, 0.5) is 11.5 Å². The molecule has 1 aromatic heterocycles. The number of para-hydroxylation sites is 1. The molecule has 1 unspecified atom stereocenters. The Morgan fingerprint density at radius 2 is 1.82 bits per heavy atom. The van der Waals surface area contributed by atoms with E-state index in [-0.39, 0.29) is 11.5 Å². The maximum absolute atomic E-state index is 13.3. The maximum Gasteiger partial charge on any atom is 0.403 e. The molecule has 0 aliphatic carbocycles. The minimum atomic E-state index is -0.710. The lowest BCUT2D eigenvalue weighted by atomic mass is 10.2. The van der Waals surface area contributed by atoms with Crippen molar-refractivity contribution in [3.8, 4) is 0 Å². The SMILES string of the molecule is O=C(c1cc(Cl)cc(Cl)c1)[N+]1(Nc2c[nH]nn2)C=NC(Nc2ccccc2)=N1. The van der Waals surface area contributed by atoms with Crippen molar-refractivity contribution in [2.24, 2.45) is 10.1 Å². The number of nitrogens with one attached hydrogen (secondary N) is 3. The number of nitrogens with zero attached hydrogens (tertiary/aromatic N) is 5. The topological polar surface area (TPSA) is 107 Å². The van der Waals surface area contributed by atoms with Crippen LogP contribution in [0, 0.1) is 0 Å². The fourth-order valence-corrected chi connectivity index (χ4v) is 3.08. The first-order valence-corrected chi connectivity index (χ1v) is 8.82. The third kappa shape index (κ3) is 3.72. The molecule has 4 rings (SSSR count). The van der Waals surface area contributed by atoms with Crippen molar-refractivity contribution in [2.75, 3.05) is 10.7 Å². The van der Waals surface area contributed by atoms with Crippen LogP contribution in [0.1, 0.15) is 10.4 Å². The minimum absolute atomic E-state index is 0.240. The van der Waals surface area contributed by atoms with Crippen LogP contribution in [0.3, 0.4) is 0 Å². The number of rotatable bonds is 4. The zero-order valence-electron chi connectivity index (χ0n) is 14.2. The number of benzene rings is 2. The standard InChI is InChI=1S/C17H13Cl2N8O/c18-12-6-11(7-13(19)8-12)16(28)27(24-15-9-21-26-23-15)10-20-17(25-27)22-14-4-2-1-3-5-14/h1-10H,(H,22,25)(H2,21,23,24,26)/q+1. The summed E-state index contributed by atoms with van der Waals surface area (Å²) in [6.07, 6.45) is 2.83. The summed E-state index contributed by atoms with van der Waals surface area (Å²) >= 11 is 12.1. The number of carbonyl (C=O) groups is 1. The van der Waals surface area contributed by atoms with Gasteiger partial charge in [-0.25, -0.2) is 4.79 Å². The predicted molar refractivity (Wildman–Crippen MR) is 107 cm³/mol. The Kier molecular flexibility index (Phi) is 4.78. The molecule has 0 spiro atoms. The first-order valence-electron chi connectivity index (χ1n) is 8.06. The highest BCUT2D eigenvalue weighted by molar-refractivity contribution is 6.35. The van der Waals surface area contributed by atoms with Crippen LogP contribution in [0.25, 0.3) is 0 Å². The zero-order valence-corrected chi connectivity index (χ0v) is 15.7. The smallest absolute Gasteiger partial charge is 0.320 e. The van der Waals surface area contributed by atoms with Crippen molar-refractivity contribution in [3.05, 3.63) is 70.3 Å². The first kappa shape index (κ1) is 18.1. The van der Waals surface area contributed by atoms with Crippen LogP contribution in [-0.2, 0) is 0 Å². The number of halogens is 2. The molecule has 9 nitrogen and oxygen atoms in total. The lowest BCUT2D eigenvalue weighted by molar-refractivity contribution is -0.729. The van der Waals surface area contributed by atoms with Gasteiger partial charge in [0.1, 0.15) is 0 Å². The van der Waals surface area contributed by atoms with Gasteiger partial charge >= 0.3 is 5.91 Å². The van der Waals surface area contributed by atoms with Crippen molar-refractivity contribution in [3.63, 3.8) is 0 Å². The van der Waals surface area contributed by atoms with Crippen LogP contribution >= 0.6 is 23.2 Å². The molecule has 2 aromatic carbocycles. The van der Waals surface area contributed by atoms with Gasteiger partial charge in [-0.15, -0.1) is 5.10 Å². The highest BCUT2D eigenvalue weighted by atomic mass is 35.5. The number of carbonyl (C=O) groups excluding carboxylic acids is 1. The molecule has 2 heterocycles. The van der Waals surface area contributed by atoms with Crippen LogP contribution in [0.2, 0.25) is 10.0 Å². The molecule has 28 heavy (non-hydrogen) atoms. The van der Waals surface area contributed by atoms with Crippen LogP contribution in [0.15, 0.2) is 64.8 Å². The van der Waals surface area contributed by atoms with Gasteiger partial charge in [0.2, 0.25) is 5.82 Å². The second-order valence-electron chi connectivity index (χ2n) is 5.78. The van der Waals surface area contributed by atoms with Gasteiger partial charge in [0.15, 0.2) is 0 Å². The molecule has 0 saturated carbocycles. The third-order valence-corrected chi connectivity index (χ3v) is 4.19. The van der Waals surface area contributed by atoms with Crippen molar-refractivity contribution >= 4 is 52.9 Å². The van der Waals surface area contributed by atoms with Gasteiger partial charge in [0.05, 0.1) is 11.8 Å². The molecule has 1 atom stereocenters. The summed E-state index contributed by atoms with van der Waals surface area (Å²) < 4.78 is -0.710. The number of aromatic amines is 1. The average molecular weight is 416 g/mol. The van der Waals surface area contributed by atoms with Gasteiger partial charge in [0, 0.05) is 20.4 Å². The van der Waals surface area contributed by atoms with Crippen LogP contribution in [0.5, 0.6) is 0 Å². The van der Waals surface area contributed by atoms with E-state index < -0.39 is 10.6 Å². The van der Waals surface area contributed by atoms with Crippen LogP contribution < -0.4 is 10.7 Å². The third-order valence-electron chi connectivity index (χ3n) is 3.75. The second-order valence-corrected chi connectivity index (χ2v) is 6.65. The zero-order chi connectivity index (χ0) is 19.6. The van der Waals surface area contributed by atoms with Gasteiger partial charge in [0.25, 0.3) is 12.3 Å². The molecule has 3 N–H and O–H groups in total. The van der Waals surface area contributed by atoms with E-state index in [1.165, 1.54) is 24.7 Å². The summed E-state index contributed by atoms with van der Waals surface area (Å²) in [4.78, 5) is 17.5. The lowest BCUT2D eigenvalue weighted by Crippen LogP contribution is -2.50. The maximum atomic E-state index is 13.3. The molecule has 11 heteroatoms. The number of guanidine groups is 1. The molecule has 140 valence electrons. The number of hydrogen-bond acceptors (Lipinski definition) is 7. The van der Waals surface area contributed by atoms with E-state index in [0.29, 0.717) is 15.9 Å². The van der Waals surface area contributed by atoms with E-state index in [2.05, 4.69) is 36.2 Å². The molecule has 1 aliphatic rings. The monoisotopic (exact) mass is 415 g/mol. The molecule has 0 fully saturated rings. The van der Waals surface area contributed by atoms with Crippen molar-refractivity contribution in [1.29, 1.82) is 0 Å². The van der Waals surface area contributed by atoms with E-state index in [4.69, 9.17) is 23.2 Å². The number of quaternary nitrogens is 1. The molecule has 1 aliphatic heterocycles. The summed E-state index contributed by atoms with van der Waals surface area (Å²) in [6.45, 7) is 0. The van der Waals surface area contributed by atoms with E-state index in [0.717, 1.165) is 5.69 Å². The second kappa shape index (κ2) is 7.39. The van der Waals surface area contributed by atoms with E-state index in [9.17, 15) is 4.79 Å². The Morgan fingerprint density at radius 3 is 2.50 bits per heavy atom. The van der Waals surface area contributed by atoms with E-state index in [1.807, 2.05) is 30.3 Å². The van der Waals surface area contributed by atoms with E-state index in [1.54, 1.807) is 6.07 Å². The highest BCUT2D eigenvalue weighted by Gasteiger charge is 2.44. The van der Waals surface area contributed by atoms with Crippen LogP contribution in [-0.4, -0.2) is 38.3 Å². The van der Waals surface area contributed by atoms with Crippen molar-refractivity contribution < 1.29 is 9.50 Å². The molecular weight excluding hydrogens is 403 g/mol. The number of hydrogen-bond donors (Lipinski definition) is 3. The summed E-state index contributed by atoms with van der Waals surface area (Å²) in [5.41, 5.74) is 3.94. The normalized spacial score (nSPS) is 18.0. The number of aliphatic imine (C=N–C) groups is 1. The van der Waals surface area contributed by atoms with Gasteiger partial charge < -0.3 is 5.32 Å². The molecule has 1 amide bonds. The number of aromatic nitrogens is 3. The largest absolute Gasteiger partial charge is 0.403 e. The van der Waals surface area contributed by atoms with E-state index >= 15 is 0 Å². The molecular formula is C17H13Cl2N8O+. The Hall–Kier alpha value is -3.27. The van der Waals surface area contributed by atoms with Gasteiger partial charge in [-0.1, -0.05) is 46.6 Å². The molecule has 0 saturated heterocycles. The summed E-state index contributed by atoms with van der Waals surface area (Å²) in [5.74, 6) is 0.0855. The highest BCUT2D eigenvalue weighted by Crippen LogP contribution is 2.25. The number of H-pyrrole nitrogens is 1. The Morgan fingerprint density at radius 1 is 1.07 bits per heavy atom. The van der Waals surface area contributed by atoms with Gasteiger partial charge in [-0.2, -0.15) is 10.4 Å². The van der Waals surface area contributed by atoms with Gasteiger partial charge in [-0.3, -0.25) is 5.10 Å². The first-order chi connectivity index (χ1) is 13.5. The van der Waals surface area contributed by atoms with Crippen molar-refractivity contribution in [1.82, 2.24) is 15.4 Å². The Balaban J connectivity index is 1.71. The summed E-state index contributed by atoms with van der Waals surface area (Å²) in [7, 11) is 0. The Labute approximate surface area is 169 Å². The quantitative estimate of drug-likeness (QED) is 0.564. The number of amides is 1. The fourth-order valence-electron chi connectivity index (χ4n) is 2.55. The average Bonchev–Trinajstić information content (AvgIpc) is 3.32. The minimum Gasteiger partial charge on any atom is -0.320 e. The molecule has 0 radical (unpaired) electrons. The molecule has 3 aromatic rings. The lowest BCUT2D eigenvalue weighted by Gasteiger charge is -2.20. The Bertz CT molecular complexity index is 1050. The molecule has 0 bridgehead atoms.